The number of carbonyl (C=O) groups is 3. The van der Waals surface area contributed by atoms with Crippen molar-refractivity contribution >= 4 is 40.2 Å². The number of amides is 4. The zero-order chi connectivity index (χ0) is 20.7. The van der Waals surface area contributed by atoms with Crippen LogP contribution in [0, 0.1) is 5.41 Å². The molecule has 10 nitrogen and oxygen atoms in total. The van der Waals surface area contributed by atoms with Crippen LogP contribution in [0.25, 0.3) is 5.03 Å². The maximum absolute atomic E-state index is 13.2. The van der Waals surface area contributed by atoms with Gasteiger partial charge in [0.05, 0.1) is 36.2 Å². The molecule has 0 aromatic carbocycles. The van der Waals surface area contributed by atoms with Crippen LogP contribution in [-0.2, 0) is 14.3 Å². The average molecular weight is 422 g/mol. The molecule has 1 spiro atoms. The van der Waals surface area contributed by atoms with E-state index in [9.17, 15) is 14.4 Å². The number of hydrogen-bond acceptors (Lipinski definition) is 8. The standard InChI is InChI=1S/C18H20ClN5O5/c1-7-6-24-12-9(23(3)10-5-20-29-13(10)11(12)19)4-18(14(24)8(2)28-7)15(25)21-17(27)22-16(18)26/h5,7-9,14H,4,6H2,1-3H3,(H2,21,22,25,26,27)/t7-,8+,9?,14-/m0/s1. The van der Waals surface area contributed by atoms with E-state index in [0.29, 0.717) is 23.0 Å². The minimum Gasteiger partial charge on any atom is -0.372 e. The number of nitrogens with one attached hydrogen (secondary N) is 2. The van der Waals surface area contributed by atoms with E-state index in [2.05, 4.69) is 15.8 Å². The Balaban J connectivity index is 1.73. The highest BCUT2D eigenvalue weighted by molar-refractivity contribution is 6.49. The summed E-state index contributed by atoms with van der Waals surface area (Å²) in [5.41, 5.74) is -0.0604. The van der Waals surface area contributed by atoms with Crippen LogP contribution in [0.5, 0.6) is 0 Å². The molecular formula is C18H20ClN5O5. The Hall–Kier alpha value is -2.59. The highest BCUT2D eigenvalue weighted by Gasteiger charge is 2.65. The third kappa shape index (κ3) is 2.26. The van der Waals surface area contributed by atoms with Crippen molar-refractivity contribution in [1.82, 2.24) is 20.7 Å². The molecule has 3 fully saturated rings. The summed E-state index contributed by atoms with van der Waals surface area (Å²) in [6.07, 6.45) is 1.09. The van der Waals surface area contributed by atoms with Crippen molar-refractivity contribution < 1.29 is 23.6 Å². The van der Waals surface area contributed by atoms with Gasteiger partial charge in [0.1, 0.15) is 10.7 Å². The van der Waals surface area contributed by atoms with Crippen molar-refractivity contribution in [2.24, 2.45) is 5.41 Å². The second-order valence-electron chi connectivity index (χ2n) is 8.03. The van der Waals surface area contributed by atoms with Gasteiger partial charge < -0.3 is 19.1 Å². The van der Waals surface area contributed by atoms with Crippen molar-refractivity contribution in [1.29, 1.82) is 0 Å². The first-order valence-electron chi connectivity index (χ1n) is 9.42. The first-order chi connectivity index (χ1) is 13.8. The molecule has 4 atom stereocenters. The van der Waals surface area contributed by atoms with Crippen molar-refractivity contribution in [2.45, 2.75) is 44.6 Å². The molecule has 5 heterocycles. The number of hydrogen-bond donors (Lipinski definition) is 2. The number of piperidine rings is 1. The molecule has 2 N–H and O–H groups in total. The number of morpholine rings is 1. The minimum absolute atomic E-state index is 0.133. The molecule has 4 amide bonds. The lowest BCUT2D eigenvalue weighted by atomic mass is 9.65. The number of anilines is 1. The van der Waals surface area contributed by atoms with E-state index in [1.165, 1.54) is 0 Å². The van der Waals surface area contributed by atoms with Crippen LogP contribution in [0.3, 0.4) is 0 Å². The molecule has 29 heavy (non-hydrogen) atoms. The summed E-state index contributed by atoms with van der Waals surface area (Å²) in [7, 11) is 1.84. The maximum Gasteiger partial charge on any atom is 0.328 e. The van der Waals surface area contributed by atoms with Gasteiger partial charge in [-0.3, -0.25) is 20.2 Å². The molecule has 1 aromatic rings. The van der Waals surface area contributed by atoms with Crippen LogP contribution < -0.4 is 15.5 Å². The number of carbonyl (C=O) groups excluding carboxylic acids is 3. The molecule has 0 aliphatic carbocycles. The van der Waals surface area contributed by atoms with Crippen LogP contribution in [-0.4, -0.2) is 65.8 Å². The van der Waals surface area contributed by atoms with Crippen molar-refractivity contribution in [3.8, 4) is 0 Å². The molecule has 4 aliphatic rings. The Bertz CT molecular complexity index is 954. The Morgan fingerprint density at radius 3 is 2.62 bits per heavy atom. The number of nitrogens with zero attached hydrogens (tertiary/aromatic N) is 3. The Morgan fingerprint density at radius 2 is 1.93 bits per heavy atom. The number of ether oxygens (including phenoxy) is 1. The number of rotatable bonds is 0. The maximum atomic E-state index is 13.2. The second kappa shape index (κ2) is 5.96. The fourth-order valence-electron chi connectivity index (χ4n) is 5.29. The molecule has 0 bridgehead atoms. The summed E-state index contributed by atoms with van der Waals surface area (Å²) in [4.78, 5) is 42.0. The molecule has 3 saturated heterocycles. The second-order valence-corrected chi connectivity index (χ2v) is 8.41. The van der Waals surface area contributed by atoms with Gasteiger partial charge in [-0.15, -0.1) is 0 Å². The summed E-state index contributed by atoms with van der Waals surface area (Å²) >= 11 is 6.75. The lowest BCUT2D eigenvalue weighted by molar-refractivity contribution is -0.174. The van der Waals surface area contributed by atoms with Gasteiger partial charge in [-0.25, -0.2) is 4.79 Å². The quantitative estimate of drug-likeness (QED) is 0.586. The Kier molecular flexibility index (Phi) is 3.79. The molecule has 4 aliphatic heterocycles. The number of barbiturate groups is 1. The summed E-state index contributed by atoms with van der Waals surface area (Å²) < 4.78 is 11.4. The fourth-order valence-corrected chi connectivity index (χ4v) is 5.66. The first-order valence-corrected chi connectivity index (χ1v) is 9.80. The molecule has 5 rings (SSSR count). The topological polar surface area (TPSA) is 117 Å². The van der Waals surface area contributed by atoms with Gasteiger partial charge in [0, 0.05) is 13.6 Å². The van der Waals surface area contributed by atoms with Crippen molar-refractivity contribution in [3.05, 3.63) is 17.7 Å². The summed E-state index contributed by atoms with van der Waals surface area (Å²) in [5, 5.41) is 8.83. The highest BCUT2D eigenvalue weighted by atomic mass is 35.5. The normalized spacial score (nSPS) is 33.2. The van der Waals surface area contributed by atoms with Gasteiger partial charge in [-0.1, -0.05) is 16.8 Å². The summed E-state index contributed by atoms with van der Waals surface area (Å²) in [6.45, 7) is 4.19. The molecular weight excluding hydrogens is 402 g/mol. The smallest absolute Gasteiger partial charge is 0.328 e. The van der Waals surface area contributed by atoms with E-state index in [0.717, 1.165) is 5.70 Å². The largest absolute Gasteiger partial charge is 0.372 e. The lowest BCUT2D eigenvalue weighted by Crippen LogP contribution is -2.76. The first kappa shape index (κ1) is 18.4. The van der Waals surface area contributed by atoms with Crippen LogP contribution in [0.15, 0.2) is 16.4 Å². The van der Waals surface area contributed by atoms with Gasteiger partial charge in [0.15, 0.2) is 5.41 Å². The zero-order valence-corrected chi connectivity index (χ0v) is 16.8. The van der Waals surface area contributed by atoms with Crippen molar-refractivity contribution in [2.75, 3.05) is 18.5 Å². The van der Waals surface area contributed by atoms with E-state index in [1.807, 2.05) is 30.7 Å². The van der Waals surface area contributed by atoms with E-state index < -0.39 is 35.4 Å². The van der Waals surface area contributed by atoms with Gasteiger partial charge in [-0.05, 0) is 20.3 Å². The number of fused-ring (bicyclic) bond motifs is 5. The van der Waals surface area contributed by atoms with Gasteiger partial charge in [0.2, 0.25) is 17.6 Å². The number of halogens is 1. The third-order valence-corrected chi connectivity index (χ3v) is 6.78. The average Bonchev–Trinajstić information content (AvgIpc) is 3.13. The SMILES string of the molecule is C[C@H]1CN2C3=C(Cl)c4oncc4N(C)C3CC3(C(=O)NC(=O)NC3=O)[C@@H]2[C@@H](C)O1. The summed E-state index contributed by atoms with van der Waals surface area (Å²) in [5.74, 6) is -0.786. The van der Waals surface area contributed by atoms with E-state index >= 15 is 0 Å². The number of aromatic nitrogens is 1. The molecule has 154 valence electrons. The number of imide groups is 2. The van der Waals surface area contributed by atoms with E-state index in [4.69, 9.17) is 20.9 Å². The number of likely N-dealkylation sites (N-methyl/N-ethyl adjacent to an activating group) is 1. The van der Waals surface area contributed by atoms with E-state index in [-0.39, 0.29) is 18.6 Å². The van der Waals surface area contributed by atoms with Crippen LogP contribution in [0.2, 0.25) is 0 Å². The summed E-state index contributed by atoms with van der Waals surface area (Å²) in [6, 6.07) is -1.83. The lowest BCUT2D eigenvalue weighted by Gasteiger charge is -2.59. The third-order valence-electron chi connectivity index (χ3n) is 6.41. The molecule has 0 radical (unpaired) electrons. The van der Waals surface area contributed by atoms with Crippen LogP contribution in [0.4, 0.5) is 10.5 Å². The van der Waals surface area contributed by atoms with Crippen LogP contribution in [0.1, 0.15) is 26.0 Å². The zero-order valence-electron chi connectivity index (χ0n) is 16.1. The van der Waals surface area contributed by atoms with Crippen LogP contribution >= 0.6 is 11.6 Å². The molecule has 11 heteroatoms. The van der Waals surface area contributed by atoms with Gasteiger partial charge >= 0.3 is 6.03 Å². The van der Waals surface area contributed by atoms with Gasteiger partial charge in [0.25, 0.3) is 0 Å². The Labute approximate surface area is 171 Å². The minimum atomic E-state index is -1.51. The van der Waals surface area contributed by atoms with Crippen molar-refractivity contribution in [3.63, 3.8) is 0 Å². The fraction of sp³-hybridized carbons (Fsp3) is 0.556. The molecule has 1 unspecified atom stereocenters. The monoisotopic (exact) mass is 421 g/mol. The predicted molar refractivity (Wildman–Crippen MR) is 101 cm³/mol. The number of urea groups is 1. The molecule has 0 saturated carbocycles. The highest BCUT2D eigenvalue weighted by Crippen LogP contribution is 2.52. The predicted octanol–water partition coefficient (Wildman–Crippen LogP) is 0.634. The molecule has 1 aromatic heterocycles. The Morgan fingerprint density at radius 1 is 1.24 bits per heavy atom. The van der Waals surface area contributed by atoms with Gasteiger partial charge in [-0.2, -0.15) is 0 Å². The van der Waals surface area contributed by atoms with E-state index in [1.54, 1.807) is 6.20 Å².